The first kappa shape index (κ1) is 12.3. The average Bonchev–Trinajstić information content (AvgIpc) is 2.70. The van der Waals surface area contributed by atoms with E-state index in [0.717, 1.165) is 25.2 Å². The van der Waals surface area contributed by atoms with Crippen LogP contribution in [0.1, 0.15) is 25.5 Å². The molecule has 0 unspecified atom stereocenters. The Hall–Kier alpha value is -1.17. The van der Waals surface area contributed by atoms with Gasteiger partial charge in [0.05, 0.1) is 12.2 Å². The predicted molar refractivity (Wildman–Crippen MR) is 71.8 cm³/mol. The maximum absolute atomic E-state index is 11.9. The fourth-order valence-corrected chi connectivity index (χ4v) is 1.96. The number of unbranched alkanes of at least 4 members (excludes halogenated alkanes) is 1. The maximum Gasteiger partial charge on any atom is 0.269 e. The monoisotopic (exact) mass is 298 g/mol. The van der Waals surface area contributed by atoms with Gasteiger partial charge in [-0.15, -0.1) is 0 Å². The van der Waals surface area contributed by atoms with Crippen LogP contribution in [0.3, 0.4) is 0 Å². The first-order chi connectivity index (χ1) is 8.13. The fourth-order valence-electron chi connectivity index (χ4n) is 1.66. The minimum atomic E-state index is -0.0549. The van der Waals surface area contributed by atoms with Crippen molar-refractivity contribution in [3.05, 3.63) is 20.5 Å². The third-order valence-corrected chi connectivity index (χ3v) is 3.57. The molecule has 0 atom stereocenters. The van der Waals surface area contributed by atoms with E-state index >= 15 is 0 Å². The number of aryl methyl sites for hydroxylation is 1. The number of anilines is 1. The molecule has 5 nitrogen and oxygen atoms in total. The standard InChI is InChI=1S/C11H15BrN4O/c1-3-4-5-13-8-6-16-10(17)9(12)7(2)14-11(16)15-8/h3-6H2,1-2H3,(H,13,14,15). The highest BCUT2D eigenvalue weighted by molar-refractivity contribution is 9.10. The number of rotatable bonds is 3. The zero-order chi connectivity index (χ0) is 12.4. The van der Waals surface area contributed by atoms with Gasteiger partial charge in [0, 0.05) is 6.54 Å². The Morgan fingerprint density at radius 3 is 3.06 bits per heavy atom. The van der Waals surface area contributed by atoms with Gasteiger partial charge in [-0.05, 0) is 29.3 Å². The third-order valence-electron chi connectivity index (χ3n) is 2.66. The smallest absolute Gasteiger partial charge is 0.269 e. The van der Waals surface area contributed by atoms with Crippen molar-refractivity contribution >= 4 is 27.7 Å². The van der Waals surface area contributed by atoms with E-state index in [0.29, 0.717) is 22.7 Å². The van der Waals surface area contributed by atoms with E-state index in [2.05, 4.69) is 38.1 Å². The fraction of sp³-hybridized carbons (Fsp3) is 0.545. The molecule has 2 heterocycles. The number of aromatic nitrogens is 2. The Kier molecular flexibility index (Phi) is 3.61. The Morgan fingerprint density at radius 2 is 2.35 bits per heavy atom. The molecule has 0 amide bonds. The van der Waals surface area contributed by atoms with Crippen LogP contribution in [-0.2, 0) is 6.54 Å². The molecule has 0 bridgehead atoms. The number of halogens is 1. The number of hydrogen-bond acceptors (Lipinski definition) is 3. The largest absolute Gasteiger partial charge is 0.312 e. The SMILES string of the molecule is CCCCN=C1Cn2c(nc(C)c(Br)c2=O)N1. The van der Waals surface area contributed by atoms with Crippen molar-refractivity contribution < 1.29 is 0 Å². The van der Waals surface area contributed by atoms with E-state index in [1.807, 2.05) is 0 Å². The summed E-state index contributed by atoms with van der Waals surface area (Å²) in [5, 5.41) is 3.08. The summed E-state index contributed by atoms with van der Waals surface area (Å²) in [5.74, 6) is 1.41. The van der Waals surface area contributed by atoms with Gasteiger partial charge in [0.1, 0.15) is 10.3 Å². The van der Waals surface area contributed by atoms with Crippen molar-refractivity contribution in [1.29, 1.82) is 0 Å². The summed E-state index contributed by atoms with van der Waals surface area (Å²) in [5.41, 5.74) is 0.643. The lowest BCUT2D eigenvalue weighted by Crippen LogP contribution is -2.21. The molecule has 17 heavy (non-hydrogen) atoms. The molecule has 0 saturated carbocycles. The van der Waals surface area contributed by atoms with Gasteiger partial charge >= 0.3 is 0 Å². The van der Waals surface area contributed by atoms with Crippen LogP contribution in [0.2, 0.25) is 0 Å². The van der Waals surface area contributed by atoms with Crippen molar-refractivity contribution in [3.8, 4) is 0 Å². The van der Waals surface area contributed by atoms with Gasteiger partial charge in [-0.25, -0.2) is 4.98 Å². The second-order valence-electron chi connectivity index (χ2n) is 4.03. The van der Waals surface area contributed by atoms with Gasteiger partial charge in [-0.1, -0.05) is 13.3 Å². The van der Waals surface area contributed by atoms with Crippen molar-refractivity contribution in [2.75, 3.05) is 11.9 Å². The zero-order valence-electron chi connectivity index (χ0n) is 9.96. The van der Waals surface area contributed by atoms with Gasteiger partial charge in [0.2, 0.25) is 5.95 Å². The summed E-state index contributed by atoms with van der Waals surface area (Å²) in [6.45, 7) is 5.22. The minimum absolute atomic E-state index is 0.0549. The summed E-state index contributed by atoms with van der Waals surface area (Å²) in [6.07, 6.45) is 2.18. The van der Waals surface area contributed by atoms with Gasteiger partial charge in [0.25, 0.3) is 5.56 Å². The molecule has 0 spiro atoms. The predicted octanol–water partition coefficient (Wildman–Crippen LogP) is 1.94. The first-order valence-electron chi connectivity index (χ1n) is 5.70. The normalized spacial score (nSPS) is 16.1. The van der Waals surface area contributed by atoms with Gasteiger partial charge in [-0.2, -0.15) is 0 Å². The summed E-state index contributed by atoms with van der Waals surface area (Å²) in [6, 6.07) is 0. The second-order valence-corrected chi connectivity index (χ2v) is 4.83. The second kappa shape index (κ2) is 5.00. The van der Waals surface area contributed by atoms with E-state index in [9.17, 15) is 4.79 Å². The molecular weight excluding hydrogens is 284 g/mol. The van der Waals surface area contributed by atoms with Crippen LogP contribution in [0.5, 0.6) is 0 Å². The zero-order valence-corrected chi connectivity index (χ0v) is 11.5. The molecule has 1 aliphatic heterocycles. The van der Waals surface area contributed by atoms with Crippen LogP contribution in [0.4, 0.5) is 5.95 Å². The molecule has 1 aromatic heterocycles. The van der Waals surface area contributed by atoms with E-state index in [1.54, 1.807) is 11.5 Å². The third kappa shape index (κ3) is 2.41. The molecular formula is C11H15BrN4O. The van der Waals surface area contributed by atoms with Crippen molar-refractivity contribution in [1.82, 2.24) is 9.55 Å². The lowest BCUT2D eigenvalue weighted by Gasteiger charge is -2.02. The van der Waals surface area contributed by atoms with E-state index < -0.39 is 0 Å². The number of amidine groups is 1. The maximum atomic E-state index is 11.9. The highest BCUT2D eigenvalue weighted by Crippen LogP contribution is 2.15. The lowest BCUT2D eigenvalue weighted by atomic mass is 10.3. The van der Waals surface area contributed by atoms with Crippen LogP contribution >= 0.6 is 15.9 Å². The summed E-state index contributed by atoms with van der Waals surface area (Å²) < 4.78 is 2.12. The number of hydrogen-bond donors (Lipinski definition) is 1. The Morgan fingerprint density at radius 1 is 1.59 bits per heavy atom. The first-order valence-corrected chi connectivity index (χ1v) is 6.50. The molecule has 0 radical (unpaired) electrons. The Balaban J connectivity index is 2.25. The van der Waals surface area contributed by atoms with E-state index in [4.69, 9.17) is 0 Å². The molecule has 1 aromatic rings. The molecule has 1 N–H and O–H groups in total. The molecule has 2 rings (SSSR count). The molecule has 0 saturated heterocycles. The van der Waals surface area contributed by atoms with Crippen LogP contribution in [0.25, 0.3) is 0 Å². The molecule has 92 valence electrons. The van der Waals surface area contributed by atoms with Crippen molar-refractivity contribution in [2.24, 2.45) is 4.99 Å². The van der Waals surface area contributed by atoms with Crippen LogP contribution in [0.15, 0.2) is 14.3 Å². The number of fused-ring (bicyclic) bond motifs is 1. The number of nitrogens with zero attached hydrogens (tertiary/aromatic N) is 3. The highest BCUT2D eigenvalue weighted by atomic mass is 79.9. The summed E-state index contributed by atoms with van der Waals surface area (Å²) in [7, 11) is 0. The van der Waals surface area contributed by atoms with E-state index in [1.165, 1.54) is 0 Å². The summed E-state index contributed by atoms with van der Waals surface area (Å²) >= 11 is 3.25. The van der Waals surface area contributed by atoms with Crippen LogP contribution in [-0.4, -0.2) is 21.9 Å². The molecule has 1 aliphatic rings. The topological polar surface area (TPSA) is 59.3 Å². The number of aliphatic imine (C=N–C) groups is 1. The van der Waals surface area contributed by atoms with Crippen LogP contribution < -0.4 is 10.9 Å². The number of nitrogens with one attached hydrogen (secondary N) is 1. The lowest BCUT2D eigenvalue weighted by molar-refractivity contribution is 0.789. The highest BCUT2D eigenvalue weighted by Gasteiger charge is 2.20. The van der Waals surface area contributed by atoms with Crippen molar-refractivity contribution in [2.45, 2.75) is 33.2 Å². The Bertz CT molecular complexity index is 521. The van der Waals surface area contributed by atoms with E-state index in [-0.39, 0.29) is 5.56 Å². The minimum Gasteiger partial charge on any atom is -0.312 e. The molecule has 6 heteroatoms. The van der Waals surface area contributed by atoms with Gasteiger partial charge < -0.3 is 5.32 Å². The molecule has 0 fully saturated rings. The van der Waals surface area contributed by atoms with Crippen molar-refractivity contribution in [3.63, 3.8) is 0 Å². The summed E-state index contributed by atoms with van der Waals surface area (Å²) in [4.78, 5) is 20.7. The molecule has 0 aromatic carbocycles. The van der Waals surface area contributed by atoms with Gasteiger partial charge in [0.15, 0.2) is 0 Å². The van der Waals surface area contributed by atoms with Gasteiger partial charge in [-0.3, -0.25) is 14.4 Å². The Labute approximate surface area is 108 Å². The molecule has 0 aliphatic carbocycles. The van der Waals surface area contributed by atoms with Crippen LogP contribution in [0, 0.1) is 6.92 Å². The quantitative estimate of drug-likeness (QED) is 0.868. The average molecular weight is 299 g/mol.